The summed E-state index contributed by atoms with van der Waals surface area (Å²) in [4.78, 5) is 30.2. The van der Waals surface area contributed by atoms with Crippen LogP contribution in [-0.2, 0) is 9.53 Å². The van der Waals surface area contributed by atoms with E-state index in [1.54, 1.807) is 19.1 Å². The van der Waals surface area contributed by atoms with Crippen LogP contribution in [-0.4, -0.2) is 54.0 Å². The van der Waals surface area contributed by atoms with Crippen molar-refractivity contribution < 1.29 is 14.3 Å². The van der Waals surface area contributed by atoms with Gasteiger partial charge in [0.15, 0.2) is 0 Å². The highest BCUT2D eigenvalue weighted by molar-refractivity contribution is 5.95. The first-order valence-corrected chi connectivity index (χ1v) is 6.75. The summed E-state index contributed by atoms with van der Waals surface area (Å²) in [5, 5.41) is 3.11. The smallest absolute Gasteiger partial charge is 0.330 e. The number of amides is 1. The lowest BCUT2D eigenvalue weighted by atomic mass is 10.1. The Kier molecular flexibility index (Phi) is 4.68. The number of pyridine rings is 1. The number of ether oxygens (including phenoxy) is 1. The second-order valence-corrected chi connectivity index (χ2v) is 4.63. The average Bonchev–Trinajstić information content (AvgIpc) is 2.47. The van der Waals surface area contributed by atoms with Crippen LogP contribution in [0, 0.1) is 6.92 Å². The fourth-order valence-electron chi connectivity index (χ4n) is 2.21. The molecule has 1 fully saturated rings. The van der Waals surface area contributed by atoms with Crippen LogP contribution in [0.25, 0.3) is 0 Å². The van der Waals surface area contributed by atoms with Gasteiger partial charge in [-0.3, -0.25) is 4.79 Å². The minimum absolute atomic E-state index is 0.228. The zero-order chi connectivity index (χ0) is 14.5. The fraction of sp³-hybridized carbons (Fsp3) is 0.500. The topological polar surface area (TPSA) is 71.5 Å². The Balaban J connectivity index is 2.19. The van der Waals surface area contributed by atoms with Crippen molar-refractivity contribution in [1.82, 2.24) is 15.2 Å². The molecule has 1 aromatic rings. The molecule has 1 aromatic heterocycles. The van der Waals surface area contributed by atoms with E-state index in [9.17, 15) is 9.59 Å². The van der Waals surface area contributed by atoms with Gasteiger partial charge in [0.1, 0.15) is 11.7 Å². The van der Waals surface area contributed by atoms with Crippen LogP contribution in [0.2, 0.25) is 0 Å². The van der Waals surface area contributed by atoms with E-state index in [2.05, 4.69) is 10.3 Å². The Morgan fingerprint density at radius 1 is 1.50 bits per heavy atom. The summed E-state index contributed by atoms with van der Waals surface area (Å²) in [7, 11) is 0. The standard InChI is InChI=1S/C14H19N3O3/c1-3-20-14(19)12-9-15-7-8-17(12)13(18)11-6-4-5-10(2)16-11/h4-6,12,15H,3,7-9H2,1-2H3. The van der Waals surface area contributed by atoms with Crippen molar-refractivity contribution in [2.24, 2.45) is 0 Å². The SMILES string of the molecule is CCOC(=O)C1CNCCN1C(=O)c1cccc(C)n1. The molecule has 20 heavy (non-hydrogen) atoms. The minimum Gasteiger partial charge on any atom is -0.464 e. The van der Waals surface area contributed by atoms with Gasteiger partial charge in [0.05, 0.1) is 6.61 Å². The number of esters is 1. The summed E-state index contributed by atoms with van der Waals surface area (Å²) in [6, 6.07) is 4.70. The second kappa shape index (κ2) is 6.47. The van der Waals surface area contributed by atoms with Crippen molar-refractivity contribution in [3.05, 3.63) is 29.6 Å². The van der Waals surface area contributed by atoms with Gasteiger partial charge in [-0.15, -0.1) is 0 Å². The van der Waals surface area contributed by atoms with E-state index in [0.29, 0.717) is 31.9 Å². The van der Waals surface area contributed by atoms with Crippen LogP contribution in [0.3, 0.4) is 0 Å². The fourth-order valence-corrected chi connectivity index (χ4v) is 2.21. The highest BCUT2D eigenvalue weighted by Crippen LogP contribution is 2.11. The van der Waals surface area contributed by atoms with Crippen molar-refractivity contribution in [2.45, 2.75) is 19.9 Å². The average molecular weight is 277 g/mol. The number of nitrogens with one attached hydrogen (secondary N) is 1. The van der Waals surface area contributed by atoms with Crippen LogP contribution >= 0.6 is 0 Å². The summed E-state index contributed by atoms with van der Waals surface area (Å²) in [6.45, 7) is 5.43. The lowest BCUT2D eigenvalue weighted by Crippen LogP contribution is -2.57. The zero-order valence-electron chi connectivity index (χ0n) is 11.8. The predicted octanol–water partition coefficient (Wildman–Crippen LogP) is 0.367. The normalized spacial score (nSPS) is 18.7. The van der Waals surface area contributed by atoms with Gasteiger partial charge in [-0.25, -0.2) is 9.78 Å². The van der Waals surface area contributed by atoms with E-state index in [0.717, 1.165) is 5.69 Å². The number of rotatable bonds is 3. The van der Waals surface area contributed by atoms with E-state index in [-0.39, 0.29) is 11.9 Å². The first kappa shape index (κ1) is 14.5. The molecule has 1 amide bonds. The molecule has 0 aromatic carbocycles. The van der Waals surface area contributed by atoms with Crippen LogP contribution in [0.4, 0.5) is 0 Å². The van der Waals surface area contributed by atoms with Gasteiger partial charge in [-0.1, -0.05) is 6.07 Å². The van der Waals surface area contributed by atoms with E-state index < -0.39 is 6.04 Å². The van der Waals surface area contributed by atoms with Gasteiger partial charge in [0, 0.05) is 25.3 Å². The number of aromatic nitrogens is 1. The molecule has 2 rings (SSSR count). The maximum Gasteiger partial charge on any atom is 0.330 e. The number of aryl methyl sites for hydroxylation is 1. The highest BCUT2D eigenvalue weighted by atomic mass is 16.5. The number of nitrogens with zero attached hydrogens (tertiary/aromatic N) is 2. The molecule has 1 saturated heterocycles. The van der Waals surface area contributed by atoms with Crippen molar-refractivity contribution in [3.8, 4) is 0 Å². The number of carbonyl (C=O) groups is 2. The molecule has 1 aliphatic heterocycles. The molecule has 0 aliphatic carbocycles. The number of hydrogen-bond donors (Lipinski definition) is 1. The molecule has 108 valence electrons. The molecule has 0 spiro atoms. The molecule has 0 bridgehead atoms. The molecule has 1 atom stereocenters. The third kappa shape index (κ3) is 3.14. The zero-order valence-corrected chi connectivity index (χ0v) is 11.8. The molecule has 1 aliphatic rings. The molecule has 0 radical (unpaired) electrons. The largest absolute Gasteiger partial charge is 0.464 e. The van der Waals surface area contributed by atoms with E-state index >= 15 is 0 Å². The maximum atomic E-state index is 12.5. The molecule has 1 N–H and O–H groups in total. The highest BCUT2D eigenvalue weighted by Gasteiger charge is 2.34. The van der Waals surface area contributed by atoms with Gasteiger partial charge < -0.3 is 15.0 Å². The first-order chi connectivity index (χ1) is 9.63. The summed E-state index contributed by atoms with van der Waals surface area (Å²) < 4.78 is 5.03. The maximum absolute atomic E-state index is 12.5. The third-order valence-corrected chi connectivity index (χ3v) is 3.17. The summed E-state index contributed by atoms with van der Waals surface area (Å²) in [6.07, 6.45) is 0. The Morgan fingerprint density at radius 3 is 3.00 bits per heavy atom. The van der Waals surface area contributed by atoms with Gasteiger partial charge in [-0.2, -0.15) is 0 Å². The van der Waals surface area contributed by atoms with Crippen molar-refractivity contribution in [3.63, 3.8) is 0 Å². The van der Waals surface area contributed by atoms with Gasteiger partial charge >= 0.3 is 5.97 Å². The van der Waals surface area contributed by atoms with E-state index in [1.807, 2.05) is 13.0 Å². The van der Waals surface area contributed by atoms with Crippen molar-refractivity contribution >= 4 is 11.9 Å². The van der Waals surface area contributed by atoms with Crippen molar-refractivity contribution in [2.75, 3.05) is 26.2 Å². The van der Waals surface area contributed by atoms with E-state index in [4.69, 9.17) is 4.74 Å². The van der Waals surface area contributed by atoms with Gasteiger partial charge in [-0.05, 0) is 26.0 Å². The summed E-state index contributed by atoms with van der Waals surface area (Å²) >= 11 is 0. The molecular formula is C14H19N3O3. The van der Waals surface area contributed by atoms with Crippen molar-refractivity contribution in [1.29, 1.82) is 0 Å². The molecule has 6 nitrogen and oxygen atoms in total. The monoisotopic (exact) mass is 277 g/mol. The van der Waals surface area contributed by atoms with Crippen LogP contribution in [0.1, 0.15) is 23.1 Å². The Bertz CT molecular complexity index is 504. The quantitative estimate of drug-likeness (QED) is 0.808. The summed E-state index contributed by atoms with van der Waals surface area (Å²) in [5.74, 6) is -0.603. The van der Waals surface area contributed by atoms with Crippen LogP contribution in [0.5, 0.6) is 0 Å². The van der Waals surface area contributed by atoms with Gasteiger partial charge in [0.2, 0.25) is 0 Å². The van der Waals surface area contributed by atoms with Crippen LogP contribution < -0.4 is 5.32 Å². The first-order valence-electron chi connectivity index (χ1n) is 6.75. The minimum atomic E-state index is -0.585. The Morgan fingerprint density at radius 2 is 2.30 bits per heavy atom. The Labute approximate surface area is 118 Å². The number of hydrogen-bond acceptors (Lipinski definition) is 5. The van der Waals surface area contributed by atoms with Crippen LogP contribution in [0.15, 0.2) is 18.2 Å². The predicted molar refractivity (Wildman–Crippen MR) is 73.3 cm³/mol. The number of piperazine rings is 1. The lowest BCUT2D eigenvalue weighted by Gasteiger charge is -2.34. The molecule has 6 heteroatoms. The van der Waals surface area contributed by atoms with Gasteiger partial charge in [0.25, 0.3) is 5.91 Å². The molecule has 1 unspecified atom stereocenters. The Hall–Kier alpha value is -1.95. The molecular weight excluding hydrogens is 258 g/mol. The third-order valence-electron chi connectivity index (χ3n) is 3.17. The second-order valence-electron chi connectivity index (χ2n) is 4.63. The van der Waals surface area contributed by atoms with E-state index in [1.165, 1.54) is 4.90 Å². The lowest BCUT2D eigenvalue weighted by molar-refractivity contribution is -0.149. The molecule has 2 heterocycles. The number of carbonyl (C=O) groups excluding carboxylic acids is 2. The summed E-state index contributed by atoms with van der Waals surface area (Å²) in [5.41, 5.74) is 1.14. The molecule has 0 saturated carbocycles.